The molecule has 0 spiro atoms. The molecule has 2 aromatic rings. The molecule has 1 aromatic heterocycles. The van der Waals surface area contributed by atoms with Gasteiger partial charge in [-0.15, -0.1) is 10.2 Å². The molecular weight excluding hydrogens is 319 g/mol. The van der Waals surface area contributed by atoms with Crippen LogP contribution in [0, 0.1) is 0 Å². The first kappa shape index (κ1) is 16.3. The molecule has 0 aliphatic carbocycles. The van der Waals surface area contributed by atoms with E-state index < -0.39 is 18.0 Å². The van der Waals surface area contributed by atoms with E-state index in [9.17, 15) is 18.0 Å². The summed E-state index contributed by atoms with van der Waals surface area (Å²) in [6, 6.07) is 6.67. The summed E-state index contributed by atoms with van der Waals surface area (Å²) in [5, 5.41) is 6.84. The maximum atomic E-state index is 12.6. The van der Waals surface area contributed by atoms with Crippen LogP contribution in [0.5, 0.6) is 0 Å². The number of esters is 1. The molecule has 0 aliphatic rings. The monoisotopic (exact) mass is 331 g/mol. The Morgan fingerprint density at radius 2 is 2.09 bits per heavy atom. The zero-order chi connectivity index (χ0) is 16.3. The Bertz CT molecular complexity index is 685. The topological polar surface area (TPSA) is 57.0 Å². The number of carbonyl (C=O) groups is 1. The van der Waals surface area contributed by atoms with E-state index in [2.05, 4.69) is 14.9 Å². The van der Waals surface area contributed by atoms with E-state index >= 15 is 0 Å². The van der Waals surface area contributed by atoms with Crippen molar-refractivity contribution in [3.63, 3.8) is 0 Å². The van der Waals surface area contributed by atoms with Gasteiger partial charge < -0.3 is 9.30 Å². The van der Waals surface area contributed by atoms with Gasteiger partial charge in [0.2, 0.25) is 5.82 Å². The third kappa shape index (κ3) is 3.59. The minimum Gasteiger partial charge on any atom is -0.465 e. The van der Waals surface area contributed by atoms with Crippen molar-refractivity contribution in [1.82, 2.24) is 14.8 Å². The number of ether oxygens (including phenoxy) is 1. The van der Waals surface area contributed by atoms with Gasteiger partial charge in [-0.25, -0.2) is 4.79 Å². The van der Waals surface area contributed by atoms with E-state index in [1.54, 1.807) is 24.3 Å². The number of rotatable bonds is 4. The average Bonchev–Trinajstić information content (AvgIpc) is 2.85. The van der Waals surface area contributed by atoms with Gasteiger partial charge in [0.1, 0.15) is 0 Å². The fourth-order valence-electron chi connectivity index (χ4n) is 1.74. The van der Waals surface area contributed by atoms with Crippen molar-refractivity contribution in [2.75, 3.05) is 7.11 Å². The normalized spacial score (nSPS) is 11.5. The highest BCUT2D eigenvalue weighted by molar-refractivity contribution is 7.98. The van der Waals surface area contributed by atoms with Crippen LogP contribution in [0.1, 0.15) is 21.7 Å². The lowest BCUT2D eigenvalue weighted by Gasteiger charge is -2.07. The Balaban J connectivity index is 2.11. The predicted molar refractivity (Wildman–Crippen MR) is 73.3 cm³/mol. The smallest absolute Gasteiger partial charge is 0.451 e. The Kier molecular flexibility index (Phi) is 4.74. The number of hydrogen-bond acceptors (Lipinski definition) is 5. The molecule has 0 aliphatic heterocycles. The number of hydrogen-bond donors (Lipinski definition) is 0. The summed E-state index contributed by atoms with van der Waals surface area (Å²) >= 11 is 1.10. The summed E-state index contributed by atoms with van der Waals surface area (Å²) in [4.78, 5) is 11.4. The molecule has 0 fully saturated rings. The van der Waals surface area contributed by atoms with Gasteiger partial charge in [0.25, 0.3) is 0 Å². The highest BCUT2D eigenvalue weighted by atomic mass is 32.2. The molecule has 0 atom stereocenters. The molecule has 22 heavy (non-hydrogen) atoms. The van der Waals surface area contributed by atoms with Gasteiger partial charge in [-0.1, -0.05) is 23.9 Å². The Morgan fingerprint density at radius 1 is 1.36 bits per heavy atom. The maximum Gasteiger partial charge on any atom is 0.451 e. The molecule has 0 unspecified atom stereocenters. The van der Waals surface area contributed by atoms with Crippen LogP contribution in [-0.2, 0) is 23.7 Å². The minimum atomic E-state index is -4.54. The number of alkyl halides is 3. The van der Waals surface area contributed by atoms with Crippen molar-refractivity contribution in [3.8, 4) is 0 Å². The first-order valence-corrected chi connectivity index (χ1v) is 7.08. The molecule has 0 saturated carbocycles. The number of aromatic nitrogens is 3. The number of methoxy groups -OCH3 is 1. The Labute approximate surface area is 128 Å². The van der Waals surface area contributed by atoms with Gasteiger partial charge in [0.05, 0.1) is 12.7 Å². The van der Waals surface area contributed by atoms with Crippen LogP contribution in [0.3, 0.4) is 0 Å². The molecular formula is C13H12F3N3O2S. The molecule has 1 aromatic carbocycles. The molecule has 0 bridgehead atoms. The highest BCUT2D eigenvalue weighted by Crippen LogP contribution is 2.30. The summed E-state index contributed by atoms with van der Waals surface area (Å²) in [5.74, 6) is -1.16. The molecule has 118 valence electrons. The van der Waals surface area contributed by atoms with E-state index in [4.69, 9.17) is 0 Å². The van der Waals surface area contributed by atoms with Crippen LogP contribution in [0.4, 0.5) is 13.2 Å². The largest absolute Gasteiger partial charge is 0.465 e. The highest BCUT2D eigenvalue weighted by Gasteiger charge is 2.37. The number of benzene rings is 1. The van der Waals surface area contributed by atoms with Crippen molar-refractivity contribution in [2.45, 2.75) is 17.1 Å². The second kappa shape index (κ2) is 6.39. The van der Waals surface area contributed by atoms with Crippen molar-refractivity contribution in [3.05, 3.63) is 41.2 Å². The molecule has 0 saturated heterocycles. The van der Waals surface area contributed by atoms with E-state index in [1.807, 2.05) is 0 Å². The van der Waals surface area contributed by atoms with Crippen LogP contribution >= 0.6 is 11.8 Å². The zero-order valence-corrected chi connectivity index (χ0v) is 12.5. The van der Waals surface area contributed by atoms with Crippen LogP contribution in [-0.4, -0.2) is 27.8 Å². The van der Waals surface area contributed by atoms with Gasteiger partial charge in [0, 0.05) is 12.8 Å². The minimum absolute atomic E-state index is 0.149. The zero-order valence-electron chi connectivity index (χ0n) is 11.7. The van der Waals surface area contributed by atoms with E-state index in [0.29, 0.717) is 11.3 Å². The molecule has 0 radical (unpaired) electrons. The lowest BCUT2D eigenvalue weighted by molar-refractivity contribution is -0.147. The summed E-state index contributed by atoms with van der Waals surface area (Å²) in [6.07, 6.45) is -4.54. The predicted octanol–water partition coefficient (Wildman–Crippen LogP) is 2.91. The van der Waals surface area contributed by atoms with Gasteiger partial charge in [-0.3, -0.25) is 0 Å². The molecule has 0 N–H and O–H groups in total. The second-order valence-corrected chi connectivity index (χ2v) is 5.29. The van der Waals surface area contributed by atoms with E-state index in [0.717, 1.165) is 21.9 Å². The van der Waals surface area contributed by atoms with Gasteiger partial charge in [-0.2, -0.15) is 13.2 Å². The van der Waals surface area contributed by atoms with Crippen molar-refractivity contribution >= 4 is 17.7 Å². The first-order chi connectivity index (χ1) is 10.3. The SMILES string of the molecule is COC(=O)c1cccc(CSc2nnc(C(F)(F)F)n2C)c1. The van der Waals surface area contributed by atoms with Crippen molar-refractivity contribution in [1.29, 1.82) is 0 Å². The third-order valence-corrected chi connectivity index (χ3v) is 3.90. The molecule has 2 rings (SSSR count). The van der Waals surface area contributed by atoms with Crippen LogP contribution in [0.15, 0.2) is 29.4 Å². The van der Waals surface area contributed by atoms with E-state index in [1.165, 1.54) is 14.2 Å². The summed E-state index contributed by atoms with van der Waals surface area (Å²) < 4.78 is 43.4. The molecule has 1 heterocycles. The third-order valence-electron chi connectivity index (χ3n) is 2.80. The fourth-order valence-corrected chi connectivity index (χ4v) is 2.60. The summed E-state index contributed by atoms with van der Waals surface area (Å²) in [6.45, 7) is 0. The number of nitrogens with zero attached hydrogens (tertiary/aromatic N) is 3. The number of carbonyl (C=O) groups excluding carboxylic acids is 1. The average molecular weight is 331 g/mol. The first-order valence-electron chi connectivity index (χ1n) is 6.09. The molecule has 0 amide bonds. The Morgan fingerprint density at radius 3 is 2.68 bits per heavy atom. The lowest BCUT2D eigenvalue weighted by atomic mass is 10.1. The van der Waals surface area contributed by atoms with Crippen LogP contribution < -0.4 is 0 Å². The van der Waals surface area contributed by atoms with Crippen LogP contribution in [0.2, 0.25) is 0 Å². The summed E-state index contributed by atoms with van der Waals surface area (Å²) in [5.41, 5.74) is 1.15. The van der Waals surface area contributed by atoms with Crippen molar-refractivity contribution < 1.29 is 22.7 Å². The second-order valence-electron chi connectivity index (χ2n) is 4.34. The van der Waals surface area contributed by atoms with Crippen molar-refractivity contribution in [2.24, 2.45) is 7.05 Å². The molecule has 5 nitrogen and oxygen atoms in total. The number of halogens is 3. The fraction of sp³-hybridized carbons (Fsp3) is 0.308. The number of thioether (sulfide) groups is 1. The maximum absolute atomic E-state index is 12.6. The quantitative estimate of drug-likeness (QED) is 0.637. The van der Waals surface area contributed by atoms with Gasteiger partial charge in [0.15, 0.2) is 5.16 Å². The lowest BCUT2D eigenvalue weighted by Crippen LogP contribution is -2.12. The van der Waals surface area contributed by atoms with Crippen LogP contribution in [0.25, 0.3) is 0 Å². The van der Waals surface area contributed by atoms with Gasteiger partial charge >= 0.3 is 12.1 Å². The Hall–Kier alpha value is -2.03. The summed E-state index contributed by atoms with van der Waals surface area (Å²) in [7, 11) is 2.54. The van der Waals surface area contributed by atoms with E-state index in [-0.39, 0.29) is 5.16 Å². The van der Waals surface area contributed by atoms with Gasteiger partial charge in [-0.05, 0) is 17.7 Å². The standard InChI is InChI=1S/C13H12F3N3O2S/c1-19-11(13(14,15)16)17-18-12(19)22-7-8-4-3-5-9(6-8)10(20)21-2/h3-6H,7H2,1-2H3. The molecule has 9 heteroatoms.